The summed E-state index contributed by atoms with van der Waals surface area (Å²) in [5.41, 5.74) is 1.82. The molecule has 4 rings (SSSR count). The number of carbonyl (C=O) groups excluding carboxylic acids is 1. The molecule has 3 aromatic carbocycles. The van der Waals surface area contributed by atoms with E-state index in [4.69, 9.17) is 9.47 Å². The lowest BCUT2D eigenvalue weighted by molar-refractivity contribution is -0.118. The topological polar surface area (TPSA) is 84.9 Å². The number of benzene rings is 3. The van der Waals surface area contributed by atoms with E-state index in [1.165, 1.54) is 41.7 Å². The first kappa shape index (κ1) is 22.6. The Balaban J connectivity index is 1.53. The lowest BCUT2D eigenvalue weighted by Gasteiger charge is -2.31. The van der Waals surface area contributed by atoms with E-state index in [9.17, 15) is 17.6 Å². The second-order valence-corrected chi connectivity index (χ2v) is 9.33. The van der Waals surface area contributed by atoms with Crippen LogP contribution in [0.5, 0.6) is 11.5 Å². The monoisotopic (exact) mass is 470 g/mol. The van der Waals surface area contributed by atoms with Gasteiger partial charge in [-0.1, -0.05) is 18.2 Å². The number of nitrogens with zero attached hydrogens (tertiary/aromatic N) is 1. The average Bonchev–Trinajstić information content (AvgIpc) is 2.83. The molecule has 0 saturated carbocycles. The molecule has 0 aliphatic carbocycles. The van der Waals surface area contributed by atoms with Gasteiger partial charge < -0.3 is 14.8 Å². The Kier molecular flexibility index (Phi) is 6.50. The van der Waals surface area contributed by atoms with E-state index in [-0.39, 0.29) is 17.3 Å². The first-order valence-electron chi connectivity index (χ1n) is 10.4. The molecule has 0 fully saturated rings. The first-order chi connectivity index (χ1) is 15.9. The molecule has 0 aromatic heterocycles. The molecule has 1 aliphatic heterocycles. The summed E-state index contributed by atoms with van der Waals surface area (Å²) in [4.78, 5) is 12.5. The van der Waals surface area contributed by atoms with Crippen molar-refractivity contribution < 1.29 is 27.1 Å². The number of anilines is 2. The highest BCUT2D eigenvalue weighted by atomic mass is 32.2. The van der Waals surface area contributed by atoms with Crippen LogP contribution >= 0.6 is 0 Å². The van der Waals surface area contributed by atoms with E-state index < -0.39 is 21.7 Å². The maximum Gasteiger partial charge on any atom is 0.264 e. The summed E-state index contributed by atoms with van der Waals surface area (Å²) in [7, 11) is -2.28. The molecule has 1 aliphatic rings. The van der Waals surface area contributed by atoms with Crippen LogP contribution in [0.2, 0.25) is 0 Å². The summed E-state index contributed by atoms with van der Waals surface area (Å²) < 4.78 is 52.0. The molecule has 0 saturated heterocycles. The van der Waals surface area contributed by atoms with Gasteiger partial charge in [0, 0.05) is 12.2 Å². The molecule has 1 amide bonds. The molecule has 9 heteroatoms. The lowest BCUT2D eigenvalue weighted by Crippen LogP contribution is -2.35. The Morgan fingerprint density at radius 1 is 1.09 bits per heavy atom. The van der Waals surface area contributed by atoms with E-state index in [0.717, 1.165) is 12.0 Å². The predicted octanol–water partition coefficient (Wildman–Crippen LogP) is 3.99. The first-order valence-corrected chi connectivity index (χ1v) is 11.8. The van der Waals surface area contributed by atoms with Crippen molar-refractivity contribution in [2.75, 3.05) is 29.9 Å². The SMILES string of the molecule is COc1ccc(S(=O)(=O)N2CCCc3ccc(NC(=O)COc4ccccc4F)cc32)cc1. The molecule has 0 radical (unpaired) electrons. The molecule has 172 valence electrons. The smallest absolute Gasteiger partial charge is 0.264 e. The number of sulfonamides is 1. The van der Waals surface area contributed by atoms with Gasteiger partial charge in [-0.25, -0.2) is 12.8 Å². The zero-order valence-corrected chi connectivity index (χ0v) is 18.8. The number of halogens is 1. The zero-order chi connectivity index (χ0) is 23.4. The Morgan fingerprint density at radius 2 is 1.85 bits per heavy atom. The van der Waals surface area contributed by atoms with Crippen molar-refractivity contribution in [3.8, 4) is 11.5 Å². The van der Waals surface area contributed by atoms with Crippen molar-refractivity contribution in [2.45, 2.75) is 17.7 Å². The molecular formula is C24H23FN2O5S. The van der Waals surface area contributed by atoms with Crippen molar-refractivity contribution in [2.24, 2.45) is 0 Å². The Morgan fingerprint density at radius 3 is 2.58 bits per heavy atom. The predicted molar refractivity (Wildman–Crippen MR) is 123 cm³/mol. The third-order valence-corrected chi connectivity index (χ3v) is 7.12. The minimum Gasteiger partial charge on any atom is -0.497 e. The summed E-state index contributed by atoms with van der Waals surface area (Å²) in [5.74, 6) is -0.498. The highest BCUT2D eigenvalue weighted by molar-refractivity contribution is 7.92. The van der Waals surface area contributed by atoms with Crippen LogP contribution in [0.25, 0.3) is 0 Å². The molecule has 1 N–H and O–H groups in total. The lowest BCUT2D eigenvalue weighted by atomic mass is 10.0. The summed E-state index contributed by atoms with van der Waals surface area (Å²) >= 11 is 0. The van der Waals surface area contributed by atoms with Gasteiger partial charge in [-0.15, -0.1) is 0 Å². The van der Waals surface area contributed by atoms with Gasteiger partial charge in [0.2, 0.25) is 0 Å². The van der Waals surface area contributed by atoms with E-state index in [2.05, 4.69) is 5.32 Å². The summed E-state index contributed by atoms with van der Waals surface area (Å²) in [6, 6.07) is 17.2. The van der Waals surface area contributed by atoms with Gasteiger partial charge in [0.25, 0.3) is 15.9 Å². The minimum absolute atomic E-state index is 0.0187. The van der Waals surface area contributed by atoms with Crippen LogP contribution in [-0.2, 0) is 21.2 Å². The fourth-order valence-electron chi connectivity index (χ4n) is 3.65. The number of methoxy groups -OCH3 is 1. The van der Waals surface area contributed by atoms with Gasteiger partial charge in [0.1, 0.15) is 5.75 Å². The number of hydrogen-bond donors (Lipinski definition) is 1. The largest absolute Gasteiger partial charge is 0.497 e. The average molecular weight is 471 g/mol. The van der Waals surface area contributed by atoms with Crippen LogP contribution in [0.15, 0.2) is 71.6 Å². The number of ether oxygens (including phenoxy) is 2. The second-order valence-electron chi connectivity index (χ2n) is 7.47. The van der Waals surface area contributed by atoms with Crippen LogP contribution in [0.4, 0.5) is 15.8 Å². The highest BCUT2D eigenvalue weighted by Crippen LogP contribution is 2.34. The Hall–Kier alpha value is -3.59. The van der Waals surface area contributed by atoms with Crippen LogP contribution in [0.1, 0.15) is 12.0 Å². The normalized spacial score (nSPS) is 13.2. The van der Waals surface area contributed by atoms with Crippen molar-refractivity contribution >= 4 is 27.3 Å². The Labute approximate surface area is 191 Å². The molecular weight excluding hydrogens is 447 g/mol. The van der Waals surface area contributed by atoms with Gasteiger partial charge >= 0.3 is 0 Å². The van der Waals surface area contributed by atoms with Crippen LogP contribution in [0, 0.1) is 5.82 Å². The summed E-state index contributed by atoms with van der Waals surface area (Å²) in [5, 5.41) is 2.68. The standard InChI is InChI=1S/C24H23FN2O5S/c1-31-19-10-12-20(13-11-19)33(29,30)27-14-4-5-17-8-9-18(15-22(17)27)26-24(28)16-32-23-7-3-2-6-21(23)25/h2-3,6-13,15H,4-5,14,16H2,1H3,(H,26,28). The third kappa shape index (κ3) is 4.93. The van der Waals surface area contributed by atoms with Gasteiger partial charge in [0.15, 0.2) is 18.2 Å². The number of aryl methyl sites for hydroxylation is 1. The molecule has 33 heavy (non-hydrogen) atoms. The fraction of sp³-hybridized carbons (Fsp3) is 0.208. The van der Waals surface area contributed by atoms with E-state index in [1.54, 1.807) is 36.4 Å². The second kappa shape index (κ2) is 9.50. The van der Waals surface area contributed by atoms with E-state index in [1.807, 2.05) is 0 Å². The van der Waals surface area contributed by atoms with Crippen molar-refractivity contribution in [3.05, 3.63) is 78.1 Å². The molecule has 3 aromatic rings. The number of amides is 1. The number of para-hydroxylation sites is 1. The maximum absolute atomic E-state index is 13.7. The quantitative estimate of drug-likeness (QED) is 0.564. The Bertz CT molecular complexity index is 1260. The summed E-state index contributed by atoms with van der Waals surface area (Å²) in [6.07, 6.45) is 1.42. The van der Waals surface area contributed by atoms with Crippen molar-refractivity contribution in [1.29, 1.82) is 0 Å². The van der Waals surface area contributed by atoms with Gasteiger partial charge in [-0.3, -0.25) is 9.10 Å². The third-order valence-electron chi connectivity index (χ3n) is 5.29. The van der Waals surface area contributed by atoms with E-state index in [0.29, 0.717) is 30.1 Å². The van der Waals surface area contributed by atoms with Crippen LogP contribution in [0.3, 0.4) is 0 Å². The maximum atomic E-state index is 13.7. The number of fused-ring (bicyclic) bond motifs is 1. The highest BCUT2D eigenvalue weighted by Gasteiger charge is 2.29. The molecule has 7 nitrogen and oxygen atoms in total. The van der Waals surface area contributed by atoms with Gasteiger partial charge in [0.05, 0.1) is 17.7 Å². The molecule has 0 spiro atoms. The fourth-order valence-corrected chi connectivity index (χ4v) is 5.18. The minimum atomic E-state index is -3.80. The number of carbonyl (C=O) groups is 1. The van der Waals surface area contributed by atoms with Crippen LogP contribution in [-0.4, -0.2) is 34.6 Å². The van der Waals surface area contributed by atoms with Gasteiger partial charge in [-0.2, -0.15) is 0 Å². The van der Waals surface area contributed by atoms with Crippen LogP contribution < -0.4 is 19.1 Å². The van der Waals surface area contributed by atoms with Gasteiger partial charge in [-0.05, 0) is 66.9 Å². The number of rotatable bonds is 7. The van der Waals surface area contributed by atoms with E-state index >= 15 is 0 Å². The molecule has 0 atom stereocenters. The zero-order valence-electron chi connectivity index (χ0n) is 18.0. The molecule has 0 bridgehead atoms. The number of hydrogen-bond acceptors (Lipinski definition) is 5. The summed E-state index contributed by atoms with van der Waals surface area (Å²) in [6.45, 7) is -0.0545. The molecule has 1 heterocycles. The van der Waals surface area contributed by atoms with Crippen molar-refractivity contribution in [1.82, 2.24) is 0 Å². The van der Waals surface area contributed by atoms with Crippen molar-refractivity contribution in [3.63, 3.8) is 0 Å². The molecule has 0 unspecified atom stereocenters. The number of nitrogens with one attached hydrogen (secondary N) is 1.